The van der Waals surface area contributed by atoms with E-state index in [9.17, 15) is 4.79 Å². The normalized spacial score (nSPS) is 15.1. The van der Waals surface area contributed by atoms with Crippen LogP contribution in [0.15, 0.2) is 42.6 Å². The van der Waals surface area contributed by atoms with Gasteiger partial charge in [-0.25, -0.2) is 19.7 Å². The van der Waals surface area contributed by atoms with Crippen LogP contribution in [0.3, 0.4) is 0 Å². The van der Waals surface area contributed by atoms with Crippen molar-refractivity contribution in [1.82, 2.24) is 20.3 Å². The Morgan fingerprint density at radius 3 is 2.58 bits per heavy atom. The summed E-state index contributed by atoms with van der Waals surface area (Å²) in [7, 11) is 0. The summed E-state index contributed by atoms with van der Waals surface area (Å²) < 4.78 is 5.57. The Hall–Kier alpha value is -4.23. The van der Waals surface area contributed by atoms with Gasteiger partial charge in [-0.05, 0) is 49.7 Å². The quantitative estimate of drug-likeness (QED) is 0.567. The Morgan fingerprint density at radius 2 is 1.89 bits per heavy atom. The number of amides is 2. The minimum atomic E-state index is -0.235. The Balaban J connectivity index is 1.46. The van der Waals surface area contributed by atoms with Crippen molar-refractivity contribution in [1.29, 1.82) is 5.26 Å². The van der Waals surface area contributed by atoms with Gasteiger partial charge in [-0.2, -0.15) is 5.26 Å². The second-order valence-electron chi connectivity index (χ2n) is 8.65. The highest BCUT2D eigenvalue weighted by atomic mass is 16.5. The predicted octanol–water partition coefficient (Wildman–Crippen LogP) is 2.95. The summed E-state index contributed by atoms with van der Waals surface area (Å²) in [4.78, 5) is 30.8. The molecule has 1 fully saturated rings. The lowest BCUT2D eigenvalue weighted by atomic mass is 10.0. The van der Waals surface area contributed by atoms with Gasteiger partial charge in [0.05, 0.1) is 31.0 Å². The molecule has 0 spiro atoms. The zero-order valence-corrected chi connectivity index (χ0v) is 20.2. The van der Waals surface area contributed by atoms with Crippen molar-refractivity contribution in [3.05, 3.63) is 59.4 Å². The summed E-state index contributed by atoms with van der Waals surface area (Å²) in [6.07, 6.45) is 2.41. The number of fused-ring (bicyclic) bond motifs is 1. The maximum absolute atomic E-state index is 11.8. The molecule has 0 atom stereocenters. The number of nitriles is 1. The standard InChI is InChI=1S/C26H28N8O2/c1-2-28-26(35)30-20-6-4-19(5-7-20)24-31-22-17-34(23-8-3-18(15-27)16-29-23)10-9-21(22)25(32-24)33-11-13-36-14-12-33/h3-8,16H,2,9-14,17H2,1H3,(H2,28,30,35). The number of carbonyl (C=O) groups is 1. The third-order valence-electron chi connectivity index (χ3n) is 6.29. The Labute approximate surface area is 209 Å². The van der Waals surface area contributed by atoms with Gasteiger partial charge in [0.15, 0.2) is 5.82 Å². The lowest BCUT2D eigenvalue weighted by Gasteiger charge is -2.34. The summed E-state index contributed by atoms with van der Waals surface area (Å²) in [5.41, 5.74) is 4.26. The highest BCUT2D eigenvalue weighted by Crippen LogP contribution is 2.31. The number of hydrogen-bond donors (Lipinski definition) is 2. The van der Waals surface area contributed by atoms with Gasteiger partial charge < -0.3 is 25.2 Å². The predicted molar refractivity (Wildman–Crippen MR) is 137 cm³/mol. The molecule has 3 aromatic rings. The van der Waals surface area contributed by atoms with E-state index in [1.807, 2.05) is 37.3 Å². The van der Waals surface area contributed by atoms with Crippen LogP contribution in [0.4, 0.5) is 22.1 Å². The number of rotatable bonds is 5. The maximum atomic E-state index is 11.8. The van der Waals surface area contributed by atoms with Crippen LogP contribution in [0.1, 0.15) is 23.7 Å². The SMILES string of the molecule is CCNC(=O)Nc1ccc(-c2nc3c(c(N4CCOCC4)n2)CCN(c2ccc(C#N)cn2)C3)cc1. The highest BCUT2D eigenvalue weighted by molar-refractivity contribution is 5.89. The second-order valence-corrected chi connectivity index (χ2v) is 8.65. The molecule has 1 aromatic carbocycles. The molecule has 0 unspecified atom stereocenters. The van der Waals surface area contributed by atoms with E-state index in [4.69, 9.17) is 20.0 Å². The minimum Gasteiger partial charge on any atom is -0.378 e. The molecule has 2 N–H and O–H groups in total. The number of aromatic nitrogens is 3. The first-order valence-corrected chi connectivity index (χ1v) is 12.1. The van der Waals surface area contributed by atoms with Gasteiger partial charge in [-0.15, -0.1) is 0 Å². The Kier molecular flexibility index (Phi) is 6.91. The fourth-order valence-electron chi connectivity index (χ4n) is 4.45. The van der Waals surface area contributed by atoms with Crippen LogP contribution in [0.5, 0.6) is 0 Å². The number of nitrogens with zero attached hydrogens (tertiary/aromatic N) is 6. The van der Waals surface area contributed by atoms with Gasteiger partial charge in [0, 0.05) is 49.2 Å². The van der Waals surface area contributed by atoms with Crippen LogP contribution < -0.4 is 20.4 Å². The third kappa shape index (κ3) is 5.06. The summed E-state index contributed by atoms with van der Waals surface area (Å²) in [6.45, 7) is 6.78. The van der Waals surface area contributed by atoms with E-state index in [0.717, 1.165) is 48.9 Å². The molecule has 0 radical (unpaired) electrons. The van der Waals surface area contributed by atoms with E-state index >= 15 is 0 Å². The smallest absolute Gasteiger partial charge is 0.319 e. The summed E-state index contributed by atoms with van der Waals surface area (Å²) >= 11 is 0. The first-order valence-electron chi connectivity index (χ1n) is 12.1. The molecule has 1 saturated heterocycles. The maximum Gasteiger partial charge on any atom is 0.319 e. The number of nitrogens with one attached hydrogen (secondary N) is 2. The van der Waals surface area contributed by atoms with E-state index in [1.165, 1.54) is 5.56 Å². The zero-order valence-electron chi connectivity index (χ0n) is 20.2. The average Bonchev–Trinajstić information content (AvgIpc) is 2.93. The summed E-state index contributed by atoms with van der Waals surface area (Å²) in [5.74, 6) is 2.44. The number of anilines is 3. The van der Waals surface area contributed by atoms with Crippen molar-refractivity contribution in [2.75, 3.05) is 54.5 Å². The molecule has 0 aliphatic carbocycles. The van der Waals surface area contributed by atoms with Gasteiger partial charge in [0.1, 0.15) is 17.7 Å². The topological polar surface area (TPSA) is 119 Å². The van der Waals surface area contributed by atoms with Crippen molar-refractivity contribution in [2.24, 2.45) is 0 Å². The molecule has 36 heavy (non-hydrogen) atoms. The van der Waals surface area contributed by atoms with Crippen molar-refractivity contribution < 1.29 is 9.53 Å². The summed E-state index contributed by atoms with van der Waals surface area (Å²) in [6, 6.07) is 13.1. The number of carbonyl (C=O) groups excluding carboxylic acids is 1. The van der Waals surface area contributed by atoms with Crippen LogP contribution in [-0.2, 0) is 17.7 Å². The number of hydrogen-bond acceptors (Lipinski definition) is 8. The van der Waals surface area contributed by atoms with Gasteiger partial charge in [-0.1, -0.05) is 0 Å². The average molecular weight is 485 g/mol. The Bertz CT molecular complexity index is 1260. The van der Waals surface area contributed by atoms with Crippen LogP contribution in [-0.4, -0.2) is 60.4 Å². The molecular weight excluding hydrogens is 456 g/mol. The highest BCUT2D eigenvalue weighted by Gasteiger charge is 2.27. The fraction of sp³-hybridized carbons (Fsp3) is 0.346. The lowest BCUT2D eigenvalue weighted by molar-refractivity contribution is 0.122. The van der Waals surface area contributed by atoms with E-state index in [2.05, 4.69) is 31.5 Å². The molecule has 10 heteroatoms. The second kappa shape index (κ2) is 10.6. The third-order valence-corrected chi connectivity index (χ3v) is 6.29. The Morgan fingerprint density at radius 1 is 1.08 bits per heavy atom. The molecule has 4 heterocycles. The molecule has 2 aliphatic rings. The van der Waals surface area contributed by atoms with Crippen molar-refractivity contribution in [2.45, 2.75) is 19.9 Å². The van der Waals surface area contributed by atoms with E-state index in [0.29, 0.717) is 43.4 Å². The molecule has 10 nitrogen and oxygen atoms in total. The molecule has 0 bridgehead atoms. The molecule has 0 saturated carbocycles. The largest absolute Gasteiger partial charge is 0.378 e. The van der Waals surface area contributed by atoms with E-state index in [-0.39, 0.29) is 6.03 Å². The zero-order chi connectivity index (χ0) is 24.9. The molecule has 5 rings (SSSR count). The number of morpholine rings is 1. The van der Waals surface area contributed by atoms with Crippen LogP contribution in [0.25, 0.3) is 11.4 Å². The number of benzene rings is 1. The van der Waals surface area contributed by atoms with Gasteiger partial charge in [0.25, 0.3) is 0 Å². The summed E-state index contributed by atoms with van der Waals surface area (Å²) in [5, 5.41) is 14.6. The van der Waals surface area contributed by atoms with Crippen molar-refractivity contribution in [3.63, 3.8) is 0 Å². The molecule has 2 aliphatic heterocycles. The molecule has 2 aromatic heterocycles. The molecular formula is C26H28N8O2. The van der Waals surface area contributed by atoms with Gasteiger partial charge >= 0.3 is 6.03 Å². The monoisotopic (exact) mass is 484 g/mol. The first-order chi connectivity index (χ1) is 17.6. The van der Waals surface area contributed by atoms with Gasteiger partial charge in [-0.3, -0.25) is 0 Å². The number of ether oxygens (including phenoxy) is 1. The van der Waals surface area contributed by atoms with Gasteiger partial charge in [0.2, 0.25) is 0 Å². The van der Waals surface area contributed by atoms with Crippen molar-refractivity contribution >= 4 is 23.4 Å². The fourth-order valence-corrected chi connectivity index (χ4v) is 4.45. The number of urea groups is 1. The number of pyridine rings is 1. The molecule has 184 valence electrons. The first kappa shape index (κ1) is 23.5. The van der Waals surface area contributed by atoms with E-state index in [1.54, 1.807) is 12.3 Å². The molecule has 2 amide bonds. The van der Waals surface area contributed by atoms with Crippen molar-refractivity contribution in [3.8, 4) is 17.5 Å². The van der Waals surface area contributed by atoms with Crippen LogP contribution in [0, 0.1) is 11.3 Å². The lowest BCUT2D eigenvalue weighted by Crippen LogP contribution is -2.39. The minimum absolute atomic E-state index is 0.235. The van der Waals surface area contributed by atoms with E-state index < -0.39 is 0 Å². The van der Waals surface area contributed by atoms with Crippen LogP contribution >= 0.6 is 0 Å². The van der Waals surface area contributed by atoms with Crippen LogP contribution in [0.2, 0.25) is 0 Å².